The van der Waals surface area contributed by atoms with Crippen molar-refractivity contribution >= 4 is 22.7 Å². The molecule has 1 aromatic heterocycles. The molecule has 2 nitrogen and oxygen atoms in total. The van der Waals surface area contributed by atoms with E-state index in [2.05, 4.69) is 29.2 Å². The van der Waals surface area contributed by atoms with Crippen molar-refractivity contribution in [2.24, 2.45) is 0 Å². The van der Waals surface area contributed by atoms with Gasteiger partial charge in [-0.05, 0) is 30.2 Å². The zero-order valence-corrected chi connectivity index (χ0v) is 12.2. The zero-order valence-electron chi connectivity index (χ0n) is 11.3. The maximum absolute atomic E-state index is 10.1. The molecule has 1 atom stereocenters. The molecule has 0 aliphatic heterocycles. The second-order valence-corrected chi connectivity index (χ2v) is 5.87. The third-order valence-corrected chi connectivity index (χ3v) is 4.42. The summed E-state index contributed by atoms with van der Waals surface area (Å²) in [5.41, 5.74) is 2.14. The molecule has 3 rings (SSSR count). The summed E-state index contributed by atoms with van der Waals surface area (Å²) in [5.74, 6) is 0. The molecule has 2 aromatic carbocycles. The van der Waals surface area contributed by atoms with Gasteiger partial charge in [-0.2, -0.15) is 0 Å². The number of hydrogen-bond donors (Lipinski definition) is 2. The summed E-state index contributed by atoms with van der Waals surface area (Å²) in [7, 11) is 0. The molecule has 0 aliphatic rings. The van der Waals surface area contributed by atoms with Crippen LogP contribution in [0.2, 0.25) is 0 Å². The van der Waals surface area contributed by atoms with Crippen LogP contribution in [0.5, 0.6) is 0 Å². The van der Waals surface area contributed by atoms with Crippen LogP contribution < -0.4 is 0 Å². The van der Waals surface area contributed by atoms with Crippen molar-refractivity contribution in [2.45, 2.75) is 29.4 Å². The molecule has 0 saturated heterocycles. The predicted molar refractivity (Wildman–Crippen MR) is 84.1 cm³/mol. The van der Waals surface area contributed by atoms with Crippen molar-refractivity contribution in [1.82, 2.24) is 4.98 Å². The lowest BCUT2D eigenvalue weighted by Gasteiger charge is -2.12. The first-order valence-electron chi connectivity index (χ1n) is 6.80. The average Bonchev–Trinajstić information content (AvgIpc) is 2.89. The minimum absolute atomic E-state index is 0.400. The van der Waals surface area contributed by atoms with Crippen LogP contribution in [-0.4, -0.2) is 10.1 Å². The van der Waals surface area contributed by atoms with E-state index >= 15 is 0 Å². The summed E-state index contributed by atoms with van der Waals surface area (Å²) in [6.07, 6.45) is 0.327. The molecule has 0 bridgehead atoms. The molecule has 0 saturated carbocycles. The lowest BCUT2D eigenvalue weighted by Crippen LogP contribution is -1.97. The van der Waals surface area contributed by atoms with Crippen molar-refractivity contribution in [2.75, 3.05) is 0 Å². The minimum Gasteiger partial charge on any atom is -0.388 e. The van der Waals surface area contributed by atoms with Crippen molar-refractivity contribution in [3.8, 4) is 0 Å². The molecule has 3 aromatic rings. The molecule has 0 fully saturated rings. The Labute approximate surface area is 122 Å². The summed E-state index contributed by atoms with van der Waals surface area (Å²) in [4.78, 5) is 4.51. The molecular formula is C17H17NOS. The number of rotatable bonds is 4. The standard InChI is InChI=1S/C17H17NOS/c1-2-15(19)13-8-4-6-10-16(13)20-17-11-12-7-3-5-9-14(12)18-17/h3-11,15,18-19H,2H2,1H3. The van der Waals surface area contributed by atoms with E-state index in [0.717, 1.165) is 27.4 Å². The Morgan fingerprint density at radius 2 is 1.85 bits per heavy atom. The van der Waals surface area contributed by atoms with Crippen molar-refractivity contribution in [1.29, 1.82) is 0 Å². The summed E-state index contributed by atoms with van der Waals surface area (Å²) in [6, 6.07) is 18.4. The van der Waals surface area contributed by atoms with E-state index in [0.29, 0.717) is 0 Å². The Balaban J connectivity index is 1.94. The molecule has 2 N–H and O–H groups in total. The third-order valence-electron chi connectivity index (χ3n) is 3.39. The van der Waals surface area contributed by atoms with Gasteiger partial charge in [0.15, 0.2) is 0 Å². The molecular weight excluding hydrogens is 266 g/mol. The van der Waals surface area contributed by atoms with E-state index in [1.807, 2.05) is 37.3 Å². The second kappa shape index (κ2) is 5.73. The monoisotopic (exact) mass is 283 g/mol. The number of aromatic nitrogens is 1. The molecule has 102 valence electrons. The Bertz CT molecular complexity index is 687. The van der Waals surface area contributed by atoms with Crippen molar-refractivity contribution in [3.05, 3.63) is 60.2 Å². The van der Waals surface area contributed by atoms with Gasteiger partial charge in [-0.25, -0.2) is 0 Å². The maximum atomic E-state index is 10.1. The van der Waals surface area contributed by atoms with Crippen LogP contribution in [-0.2, 0) is 0 Å². The molecule has 1 unspecified atom stereocenters. The van der Waals surface area contributed by atoms with Crippen molar-refractivity contribution in [3.63, 3.8) is 0 Å². The summed E-state index contributed by atoms with van der Waals surface area (Å²) in [6.45, 7) is 2.00. The molecule has 0 spiro atoms. The van der Waals surface area contributed by atoms with Gasteiger partial charge in [0.2, 0.25) is 0 Å². The normalized spacial score (nSPS) is 12.7. The van der Waals surface area contributed by atoms with Crippen LogP contribution in [0.4, 0.5) is 0 Å². The van der Waals surface area contributed by atoms with E-state index in [9.17, 15) is 5.11 Å². The van der Waals surface area contributed by atoms with Gasteiger partial charge < -0.3 is 10.1 Å². The topological polar surface area (TPSA) is 36.0 Å². The van der Waals surface area contributed by atoms with Crippen molar-refractivity contribution < 1.29 is 5.11 Å². The van der Waals surface area contributed by atoms with E-state index < -0.39 is 6.10 Å². The third kappa shape index (κ3) is 2.60. The lowest BCUT2D eigenvalue weighted by molar-refractivity contribution is 0.171. The number of fused-ring (bicyclic) bond motifs is 1. The van der Waals surface area contributed by atoms with Gasteiger partial charge in [0, 0.05) is 15.8 Å². The highest BCUT2D eigenvalue weighted by Crippen LogP contribution is 2.35. The summed E-state index contributed by atoms with van der Waals surface area (Å²) < 4.78 is 0. The van der Waals surface area contributed by atoms with Crippen LogP contribution in [0.25, 0.3) is 10.9 Å². The van der Waals surface area contributed by atoms with E-state index in [-0.39, 0.29) is 0 Å². The van der Waals surface area contributed by atoms with Gasteiger partial charge in [0.1, 0.15) is 0 Å². The number of aliphatic hydroxyl groups excluding tert-OH is 1. The van der Waals surface area contributed by atoms with Crippen LogP contribution in [0, 0.1) is 0 Å². The highest BCUT2D eigenvalue weighted by Gasteiger charge is 2.12. The average molecular weight is 283 g/mol. The van der Waals surface area contributed by atoms with Gasteiger partial charge in [-0.3, -0.25) is 0 Å². The number of para-hydroxylation sites is 1. The SMILES string of the molecule is CCC(O)c1ccccc1Sc1cc2ccccc2[nH]1. The molecule has 0 amide bonds. The second-order valence-electron chi connectivity index (χ2n) is 4.78. The van der Waals surface area contributed by atoms with E-state index in [1.165, 1.54) is 5.39 Å². The van der Waals surface area contributed by atoms with Gasteiger partial charge in [0.25, 0.3) is 0 Å². The molecule has 3 heteroatoms. The first kappa shape index (κ1) is 13.3. The smallest absolute Gasteiger partial charge is 0.0798 e. The van der Waals surface area contributed by atoms with Gasteiger partial charge in [-0.15, -0.1) is 0 Å². The zero-order chi connectivity index (χ0) is 13.9. The summed E-state index contributed by atoms with van der Waals surface area (Å²) >= 11 is 1.67. The molecule has 1 heterocycles. The van der Waals surface area contributed by atoms with Gasteiger partial charge in [-0.1, -0.05) is 55.1 Å². The Morgan fingerprint density at radius 1 is 1.10 bits per heavy atom. The first-order chi connectivity index (χ1) is 9.78. The van der Waals surface area contributed by atoms with Gasteiger partial charge in [0.05, 0.1) is 11.1 Å². The fraction of sp³-hybridized carbons (Fsp3) is 0.176. The number of benzene rings is 2. The summed E-state index contributed by atoms with van der Waals surface area (Å²) in [5, 5.41) is 12.4. The first-order valence-corrected chi connectivity index (χ1v) is 7.62. The number of hydrogen-bond acceptors (Lipinski definition) is 2. The van der Waals surface area contributed by atoms with E-state index in [1.54, 1.807) is 11.8 Å². The molecule has 0 radical (unpaired) electrons. The Hall–Kier alpha value is -1.71. The Kier molecular flexibility index (Phi) is 3.81. The quantitative estimate of drug-likeness (QED) is 0.724. The van der Waals surface area contributed by atoms with Gasteiger partial charge >= 0.3 is 0 Å². The molecule has 20 heavy (non-hydrogen) atoms. The number of aromatic amines is 1. The van der Waals surface area contributed by atoms with Crippen LogP contribution >= 0.6 is 11.8 Å². The predicted octanol–water partition coefficient (Wildman–Crippen LogP) is 4.76. The largest absolute Gasteiger partial charge is 0.388 e. The highest BCUT2D eigenvalue weighted by atomic mass is 32.2. The lowest BCUT2D eigenvalue weighted by atomic mass is 10.1. The van der Waals surface area contributed by atoms with Crippen LogP contribution in [0.1, 0.15) is 25.0 Å². The minimum atomic E-state index is -0.400. The van der Waals surface area contributed by atoms with Crippen LogP contribution in [0.3, 0.4) is 0 Å². The fourth-order valence-electron chi connectivity index (χ4n) is 2.29. The Morgan fingerprint density at radius 3 is 2.65 bits per heavy atom. The highest BCUT2D eigenvalue weighted by molar-refractivity contribution is 7.99. The van der Waals surface area contributed by atoms with E-state index in [4.69, 9.17) is 0 Å². The fourth-order valence-corrected chi connectivity index (χ4v) is 3.34. The number of nitrogens with one attached hydrogen (secondary N) is 1. The maximum Gasteiger partial charge on any atom is 0.0798 e. The number of H-pyrrole nitrogens is 1. The molecule has 0 aliphatic carbocycles. The number of aliphatic hydroxyl groups is 1. The van der Waals surface area contributed by atoms with Crippen LogP contribution in [0.15, 0.2) is 64.5 Å².